The molecule has 1 amide bonds. The van der Waals surface area contributed by atoms with Gasteiger partial charge < -0.3 is 19.7 Å². The van der Waals surface area contributed by atoms with Crippen molar-refractivity contribution in [1.82, 2.24) is 15.1 Å². The summed E-state index contributed by atoms with van der Waals surface area (Å²) in [6.45, 7) is 5.97. The minimum absolute atomic E-state index is 0.0640. The van der Waals surface area contributed by atoms with Crippen LogP contribution in [0.2, 0.25) is 0 Å². The SMILES string of the molecule is COCCCNC(=O)CN1CCN(CCC(=O)OC)CC1. The first-order valence-electron chi connectivity index (χ1n) is 7.43. The van der Waals surface area contributed by atoms with E-state index < -0.39 is 0 Å². The van der Waals surface area contributed by atoms with Gasteiger partial charge in [0.05, 0.1) is 20.1 Å². The number of carbonyl (C=O) groups excluding carboxylic acids is 2. The van der Waals surface area contributed by atoms with E-state index in [0.29, 0.717) is 26.1 Å². The van der Waals surface area contributed by atoms with Crippen molar-refractivity contribution >= 4 is 11.9 Å². The Kier molecular flexibility index (Phi) is 8.96. The fraction of sp³-hybridized carbons (Fsp3) is 0.857. The highest BCUT2D eigenvalue weighted by Crippen LogP contribution is 2.02. The van der Waals surface area contributed by atoms with Crippen molar-refractivity contribution in [3.8, 4) is 0 Å². The number of nitrogens with one attached hydrogen (secondary N) is 1. The smallest absolute Gasteiger partial charge is 0.306 e. The molecule has 1 fully saturated rings. The molecule has 7 nitrogen and oxygen atoms in total. The molecule has 1 saturated heterocycles. The predicted octanol–water partition coefficient (Wildman–Crippen LogP) is -0.680. The molecule has 0 aromatic heterocycles. The Morgan fingerprint density at radius 3 is 2.38 bits per heavy atom. The minimum atomic E-state index is -0.173. The number of carbonyl (C=O) groups is 2. The van der Waals surface area contributed by atoms with Crippen molar-refractivity contribution in [3.63, 3.8) is 0 Å². The van der Waals surface area contributed by atoms with Gasteiger partial charge in [0.2, 0.25) is 5.91 Å². The number of hydrogen-bond donors (Lipinski definition) is 1. The van der Waals surface area contributed by atoms with Crippen molar-refractivity contribution < 1.29 is 19.1 Å². The van der Waals surface area contributed by atoms with E-state index >= 15 is 0 Å². The summed E-state index contributed by atoms with van der Waals surface area (Å²) in [5.41, 5.74) is 0. The lowest BCUT2D eigenvalue weighted by Gasteiger charge is -2.34. The van der Waals surface area contributed by atoms with Gasteiger partial charge in [-0.15, -0.1) is 0 Å². The number of methoxy groups -OCH3 is 2. The monoisotopic (exact) mass is 301 g/mol. The summed E-state index contributed by atoms with van der Waals surface area (Å²) in [5.74, 6) is -0.109. The average Bonchev–Trinajstić information content (AvgIpc) is 2.50. The topological polar surface area (TPSA) is 71.1 Å². The summed E-state index contributed by atoms with van der Waals surface area (Å²) in [5, 5.41) is 2.89. The number of ether oxygens (including phenoxy) is 2. The molecule has 1 aliphatic rings. The molecule has 1 aliphatic heterocycles. The first-order valence-corrected chi connectivity index (χ1v) is 7.43. The molecule has 0 aromatic carbocycles. The van der Waals surface area contributed by atoms with Crippen LogP contribution in [-0.4, -0.2) is 88.3 Å². The normalized spacial score (nSPS) is 16.7. The van der Waals surface area contributed by atoms with Crippen molar-refractivity contribution in [2.45, 2.75) is 12.8 Å². The van der Waals surface area contributed by atoms with Crippen molar-refractivity contribution in [2.75, 3.05) is 66.6 Å². The molecule has 1 heterocycles. The number of rotatable bonds is 9. The number of hydrogen-bond acceptors (Lipinski definition) is 6. The molecule has 1 rings (SSSR count). The van der Waals surface area contributed by atoms with Crippen LogP contribution in [0.3, 0.4) is 0 Å². The maximum Gasteiger partial charge on any atom is 0.306 e. The summed E-state index contributed by atoms with van der Waals surface area (Å²) < 4.78 is 9.57. The largest absolute Gasteiger partial charge is 0.469 e. The van der Waals surface area contributed by atoms with Gasteiger partial charge in [-0.2, -0.15) is 0 Å². The Morgan fingerprint density at radius 1 is 1.10 bits per heavy atom. The van der Waals surface area contributed by atoms with Crippen LogP contribution in [0.1, 0.15) is 12.8 Å². The van der Waals surface area contributed by atoms with Crippen LogP contribution >= 0.6 is 0 Å². The fourth-order valence-corrected chi connectivity index (χ4v) is 2.23. The highest BCUT2D eigenvalue weighted by molar-refractivity contribution is 5.78. The van der Waals surface area contributed by atoms with Crippen LogP contribution in [0.25, 0.3) is 0 Å². The van der Waals surface area contributed by atoms with Gasteiger partial charge >= 0.3 is 5.97 Å². The summed E-state index contributed by atoms with van der Waals surface area (Å²) >= 11 is 0. The quantitative estimate of drug-likeness (QED) is 0.449. The fourth-order valence-electron chi connectivity index (χ4n) is 2.23. The second-order valence-electron chi connectivity index (χ2n) is 5.14. The Labute approximate surface area is 126 Å². The van der Waals surface area contributed by atoms with Gasteiger partial charge in [-0.25, -0.2) is 0 Å². The van der Waals surface area contributed by atoms with E-state index in [1.807, 2.05) is 0 Å². The zero-order valence-corrected chi connectivity index (χ0v) is 13.1. The molecule has 0 unspecified atom stereocenters. The standard InChI is InChI=1S/C14H27N3O4/c1-20-11-3-5-15-13(18)12-17-9-7-16(8-10-17)6-4-14(19)21-2/h3-12H2,1-2H3,(H,15,18). The predicted molar refractivity (Wildman–Crippen MR) is 79.0 cm³/mol. The van der Waals surface area contributed by atoms with Crippen LogP contribution in [-0.2, 0) is 19.1 Å². The van der Waals surface area contributed by atoms with E-state index in [0.717, 1.165) is 39.1 Å². The lowest BCUT2D eigenvalue weighted by molar-refractivity contribution is -0.141. The number of piperazine rings is 1. The van der Waals surface area contributed by atoms with E-state index in [1.165, 1.54) is 7.11 Å². The maximum absolute atomic E-state index is 11.7. The molecule has 0 atom stereocenters. The van der Waals surface area contributed by atoms with Crippen molar-refractivity contribution in [3.05, 3.63) is 0 Å². The molecule has 0 radical (unpaired) electrons. The van der Waals surface area contributed by atoms with E-state index in [2.05, 4.69) is 19.9 Å². The second kappa shape index (κ2) is 10.5. The lowest BCUT2D eigenvalue weighted by atomic mass is 10.3. The van der Waals surface area contributed by atoms with Gasteiger partial charge in [-0.1, -0.05) is 0 Å². The average molecular weight is 301 g/mol. The van der Waals surface area contributed by atoms with E-state index in [9.17, 15) is 9.59 Å². The second-order valence-corrected chi connectivity index (χ2v) is 5.14. The third kappa shape index (κ3) is 7.99. The third-order valence-electron chi connectivity index (χ3n) is 3.54. The van der Waals surface area contributed by atoms with Gasteiger partial charge in [0.15, 0.2) is 0 Å². The zero-order chi connectivity index (χ0) is 15.5. The van der Waals surface area contributed by atoms with Crippen molar-refractivity contribution in [2.24, 2.45) is 0 Å². The summed E-state index contributed by atoms with van der Waals surface area (Å²) in [7, 11) is 3.06. The molecule has 0 bridgehead atoms. The molecule has 21 heavy (non-hydrogen) atoms. The molecule has 7 heteroatoms. The Morgan fingerprint density at radius 2 is 1.76 bits per heavy atom. The molecule has 122 valence electrons. The first kappa shape index (κ1) is 17.9. The molecule has 0 aliphatic carbocycles. The Bertz CT molecular complexity index is 317. The van der Waals surface area contributed by atoms with E-state index in [-0.39, 0.29) is 11.9 Å². The van der Waals surface area contributed by atoms with Crippen LogP contribution < -0.4 is 5.32 Å². The lowest BCUT2D eigenvalue weighted by Crippen LogP contribution is -2.49. The van der Waals surface area contributed by atoms with E-state index in [4.69, 9.17) is 4.74 Å². The Hall–Kier alpha value is -1.18. The molecule has 0 spiro atoms. The van der Waals surface area contributed by atoms with Gasteiger partial charge in [0.1, 0.15) is 0 Å². The minimum Gasteiger partial charge on any atom is -0.469 e. The number of esters is 1. The third-order valence-corrected chi connectivity index (χ3v) is 3.54. The molecule has 0 saturated carbocycles. The molecule has 0 aromatic rings. The van der Waals surface area contributed by atoms with Gasteiger partial charge in [0.25, 0.3) is 0 Å². The summed E-state index contributed by atoms with van der Waals surface area (Å²) in [6, 6.07) is 0. The number of nitrogens with zero attached hydrogens (tertiary/aromatic N) is 2. The van der Waals surface area contributed by atoms with Crippen LogP contribution in [0.4, 0.5) is 0 Å². The first-order chi connectivity index (χ1) is 10.2. The molecular formula is C14H27N3O4. The van der Waals surface area contributed by atoms with Crippen LogP contribution in [0.15, 0.2) is 0 Å². The highest BCUT2D eigenvalue weighted by Gasteiger charge is 2.19. The van der Waals surface area contributed by atoms with E-state index in [1.54, 1.807) is 7.11 Å². The zero-order valence-electron chi connectivity index (χ0n) is 13.1. The van der Waals surface area contributed by atoms with Gasteiger partial charge in [-0.05, 0) is 6.42 Å². The molecular weight excluding hydrogens is 274 g/mol. The summed E-state index contributed by atoms with van der Waals surface area (Å²) in [4.78, 5) is 27.2. The summed E-state index contributed by atoms with van der Waals surface area (Å²) in [6.07, 6.45) is 1.26. The van der Waals surface area contributed by atoms with Crippen LogP contribution in [0, 0.1) is 0 Å². The maximum atomic E-state index is 11.7. The molecule has 1 N–H and O–H groups in total. The van der Waals surface area contributed by atoms with Gasteiger partial charge in [-0.3, -0.25) is 14.5 Å². The Balaban J connectivity index is 2.09. The number of amides is 1. The highest BCUT2D eigenvalue weighted by atomic mass is 16.5. The van der Waals surface area contributed by atoms with Crippen molar-refractivity contribution in [1.29, 1.82) is 0 Å². The van der Waals surface area contributed by atoms with Crippen LogP contribution in [0.5, 0.6) is 0 Å². The van der Waals surface area contributed by atoms with Gasteiger partial charge in [0, 0.05) is 53.0 Å².